The van der Waals surface area contributed by atoms with Gasteiger partial charge < -0.3 is 15.8 Å². The average Bonchev–Trinajstić information content (AvgIpc) is 3.39. The van der Waals surface area contributed by atoms with Crippen LogP contribution >= 0.6 is 0 Å². The molecule has 0 aliphatic heterocycles. The zero-order valence-electron chi connectivity index (χ0n) is 16.1. The molecule has 1 saturated carbocycles. The molecule has 9 nitrogen and oxygen atoms in total. The Hall–Kier alpha value is -3.33. The molecule has 3 heterocycles. The summed E-state index contributed by atoms with van der Waals surface area (Å²) in [5.74, 6) is 1.76. The maximum Gasteiger partial charge on any atom is 0.225 e. The Labute approximate surface area is 167 Å². The van der Waals surface area contributed by atoms with Crippen molar-refractivity contribution in [2.45, 2.75) is 25.3 Å². The molecule has 29 heavy (non-hydrogen) atoms. The van der Waals surface area contributed by atoms with E-state index in [9.17, 15) is 0 Å². The lowest BCUT2D eigenvalue weighted by atomic mass is 10.1. The first-order valence-electron chi connectivity index (χ1n) is 9.73. The van der Waals surface area contributed by atoms with Gasteiger partial charge in [0.05, 0.1) is 24.5 Å². The molecule has 9 heteroatoms. The normalized spacial score (nSPS) is 19.1. The number of aromatic nitrogens is 6. The largest absolute Gasteiger partial charge is 0.481 e. The number of methoxy groups -OCH3 is 1. The molecule has 148 valence electrons. The highest BCUT2D eigenvalue weighted by Gasteiger charge is 2.24. The Balaban J connectivity index is 1.48. The summed E-state index contributed by atoms with van der Waals surface area (Å²) in [4.78, 5) is 13.5. The van der Waals surface area contributed by atoms with Gasteiger partial charge in [0.2, 0.25) is 11.8 Å². The van der Waals surface area contributed by atoms with Crippen molar-refractivity contribution in [2.24, 2.45) is 11.7 Å². The number of benzene rings is 1. The van der Waals surface area contributed by atoms with Crippen molar-refractivity contribution in [3.05, 3.63) is 36.5 Å². The Morgan fingerprint density at radius 3 is 2.93 bits per heavy atom. The van der Waals surface area contributed by atoms with Gasteiger partial charge in [-0.25, -0.2) is 9.97 Å². The Bertz CT molecular complexity index is 1170. The minimum absolute atomic E-state index is 0.354. The van der Waals surface area contributed by atoms with Gasteiger partial charge in [0.25, 0.3) is 0 Å². The fraction of sp³-hybridized carbons (Fsp3) is 0.350. The molecule has 1 aliphatic rings. The van der Waals surface area contributed by atoms with Gasteiger partial charge in [-0.1, -0.05) is 5.21 Å². The van der Waals surface area contributed by atoms with Gasteiger partial charge in [-0.2, -0.15) is 9.67 Å². The van der Waals surface area contributed by atoms with E-state index in [1.54, 1.807) is 18.0 Å². The smallest absolute Gasteiger partial charge is 0.225 e. The maximum atomic E-state index is 5.80. The van der Waals surface area contributed by atoms with Crippen molar-refractivity contribution in [1.82, 2.24) is 29.9 Å². The highest BCUT2D eigenvalue weighted by molar-refractivity contribution is 5.82. The monoisotopic (exact) mass is 390 g/mol. The van der Waals surface area contributed by atoms with Gasteiger partial charge in [0, 0.05) is 17.5 Å². The first-order valence-corrected chi connectivity index (χ1v) is 9.73. The first-order chi connectivity index (χ1) is 14.2. The van der Waals surface area contributed by atoms with E-state index in [-0.39, 0.29) is 0 Å². The average molecular weight is 390 g/mol. The lowest BCUT2D eigenvalue weighted by Crippen LogP contribution is -2.19. The van der Waals surface area contributed by atoms with Crippen LogP contribution in [0.15, 0.2) is 36.5 Å². The Morgan fingerprint density at radius 1 is 1.17 bits per heavy atom. The summed E-state index contributed by atoms with van der Waals surface area (Å²) >= 11 is 0. The Kier molecular flexibility index (Phi) is 4.44. The fourth-order valence-electron chi connectivity index (χ4n) is 3.91. The van der Waals surface area contributed by atoms with Crippen LogP contribution in [0.5, 0.6) is 5.88 Å². The predicted molar refractivity (Wildman–Crippen MR) is 110 cm³/mol. The number of nitrogens with two attached hydrogens (primary N) is 1. The summed E-state index contributed by atoms with van der Waals surface area (Å²) in [6.45, 7) is 0.734. The molecule has 0 bridgehead atoms. The lowest BCUT2D eigenvalue weighted by molar-refractivity contribution is 0.399. The highest BCUT2D eigenvalue weighted by atomic mass is 16.5. The quantitative estimate of drug-likeness (QED) is 0.533. The van der Waals surface area contributed by atoms with Gasteiger partial charge in [0.15, 0.2) is 11.2 Å². The van der Waals surface area contributed by atoms with Crippen LogP contribution in [-0.4, -0.2) is 49.6 Å². The number of rotatable bonds is 5. The van der Waals surface area contributed by atoms with E-state index >= 15 is 0 Å². The van der Waals surface area contributed by atoms with Crippen LogP contribution in [0.3, 0.4) is 0 Å². The molecule has 0 saturated heterocycles. The summed E-state index contributed by atoms with van der Waals surface area (Å²) in [6, 6.07) is 10.1. The van der Waals surface area contributed by atoms with E-state index in [4.69, 9.17) is 10.5 Å². The molecular formula is C20H22N8O. The lowest BCUT2D eigenvalue weighted by Gasteiger charge is -2.12. The van der Waals surface area contributed by atoms with Gasteiger partial charge >= 0.3 is 0 Å². The molecule has 3 N–H and O–H groups in total. The van der Waals surface area contributed by atoms with Crippen LogP contribution in [0.1, 0.15) is 19.3 Å². The third-order valence-electron chi connectivity index (χ3n) is 5.50. The van der Waals surface area contributed by atoms with Crippen LogP contribution in [0.2, 0.25) is 0 Å². The van der Waals surface area contributed by atoms with Crippen LogP contribution in [0.4, 0.5) is 5.95 Å². The maximum absolute atomic E-state index is 5.80. The number of hydrogen-bond donors (Lipinski definition) is 2. The van der Waals surface area contributed by atoms with Crippen molar-refractivity contribution in [3.8, 4) is 11.6 Å². The highest BCUT2D eigenvalue weighted by Crippen LogP contribution is 2.27. The fourth-order valence-corrected chi connectivity index (χ4v) is 3.91. The second-order valence-electron chi connectivity index (χ2n) is 7.39. The van der Waals surface area contributed by atoms with Gasteiger partial charge in [0.1, 0.15) is 0 Å². The molecular weight excluding hydrogens is 368 g/mol. The zero-order valence-corrected chi connectivity index (χ0v) is 16.1. The van der Waals surface area contributed by atoms with Crippen LogP contribution in [0.25, 0.3) is 27.8 Å². The Morgan fingerprint density at radius 2 is 2.10 bits per heavy atom. The van der Waals surface area contributed by atoms with Gasteiger partial charge in [-0.05, 0) is 56.0 Å². The van der Waals surface area contributed by atoms with E-state index < -0.39 is 0 Å². The second kappa shape index (κ2) is 7.25. The summed E-state index contributed by atoms with van der Waals surface area (Å²) in [5, 5.41) is 12.9. The molecule has 2 atom stereocenters. The molecule has 1 fully saturated rings. The van der Waals surface area contributed by atoms with Crippen LogP contribution < -0.4 is 15.8 Å². The van der Waals surface area contributed by atoms with Gasteiger partial charge in [-0.3, -0.25) is 0 Å². The van der Waals surface area contributed by atoms with Crippen LogP contribution in [-0.2, 0) is 0 Å². The molecule has 1 aromatic carbocycles. The van der Waals surface area contributed by atoms with Crippen molar-refractivity contribution in [3.63, 3.8) is 0 Å². The third-order valence-corrected chi connectivity index (χ3v) is 5.50. The number of nitrogens with one attached hydrogen (secondary N) is 1. The summed E-state index contributed by atoms with van der Waals surface area (Å²) < 4.78 is 6.92. The van der Waals surface area contributed by atoms with Crippen molar-refractivity contribution in [1.29, 1.82) is 0 Å². The van der Waals surface area contributed by atoms with Crippen molar-refractivity contribution < 1.29 is 4.74 Å². The van der Waals surface area contributed by atoms with Crippen LogP contribution in [0, 0.1) is 5.92 Å². The number of anilines is 1. The second-order valence-corrected chi connectivity index (χ2v) is 7.39. The molecule has 0 unspecified atom stereocenters. The summed E-state index contributed by atoms with van der Waals surface area (Å²) in [6.07, 6.45) is 4.99. The van der Waals surface area contributed by atoms with E-state index in [1.165, 1.54) is 0 Å². The number of pyridine rings is 1. The molecule has 4 aromatic rings. The van der Waals surface area contributed by atoms with Crippen molar-refractivity contribution >= 4 is 28.0 Å². The SMILES string of the molecule is COc1ccc2cc(-n3nnc4cnc(N[C@@H]5CC[C@@H](CN)C5)nc43)ccc2n1. The molecule has 1 aliphatic carbocycles. The zero-order chi connectivity index (χ0) is 19.8. The molecule has 5 rings (SSSR count). The van der Waals surface area contributed by atoms with E-state index in [0.29, 0.717) is 35.0 Å². The molecule has 0 radical (unpaired) electrons. The number of hydrogen-bond acceptors (Lipinski definition) is 8. The predicted octanol–water partition coefficient (Wildman–Crippen LogP) is 2.31. The van der Waals surface area contributed by atoms with E-state index in [2.05, 4.69) is 30.6 Å². The first kappa shape index (κ1) is 17.7. The number of nitrogens with zero attached hydrogens (tertiary/aromatic N) is 6. The number of fused-ring (bicyclic) bond motifs is 2. The minimum Gasteiger partial charge on any atom is -0.481 e. The molecule has 0 spiro atoms. The summed E-state index contributed by atoms with van der Waals surface area (Å²) in [7, 11) is 1.61. The van der Waals surface area contributed by atoms with E-state index in [1.807, 2.05) is 30.3 Å². The minimum atomic E-state index is 0.354. The molecule has 0 amide bonds. The summed E-state index contributed by atoms with van der Waals surface area (Å²) in [5.41, 5.74) is 8.82. The molecule has 3 aromatic heterocycles. The van der Waals surface area contributed by atoms with Gasteiger partial charge in [-0.15, -0.1) is 5.10 Å². The van der Waals surface area contributed by atoms with Crippen molar-refractivity contribution in [2.75, 3.05) is 19.0 Å². The third kappa shape index (κ3) is 3.33. The number of ether oxygens (including phenoxy) is 1. The van der Waals surface area contributed by atoms with E-state index in [0.717, 1.165) is 42.4 Å². The topological polar surface area (TPSA) is 117 Å². The standard InChI is InChI=1S/C20H22N8O/c1-29-18-7-3-13-9-15(5-6-16(13)24-18)28-19-17(26-27-28)11-22-20(25-19)23-14-4-2-12(8-14)10-21/h3,5-7,9,11-12,14H,2,4,8,10,21H2,1H3,(H,22,23,25)/t12-,14-/m1/s1.